The molecule has 0 radical (unpaired) electrons. The molecule has 5 nitrogen and oxygen atoms in total. The topological polar surface area (TPSA) is 91.7 Å². The molecule has 0 rings (SSSR count). The quantitative estimate of drug-likeness (QED) is 0.206. The maximum Gasteiger partial charge on any atom is 0.291 e. The minimum absolute atomic E-state index is 0.238. The summed E-state index contributed by atoms with van der Waals surface area (Å²) in [5.74, 6) is 0. The van der Waals surface area contributed by atoms with E-state index < -0.39 is 0 Å². The van der Waals surface area contributed by atoms with E-state index in [1.54, 1.807) is 0 Å². The molecule has 0 heterocycles. The SMILES string of the molecule is CCCCN=C(N)SC(=N)OO. The van der Waals surface area contributed by atoms with Crippen LogP contribution in [0.4, 0.5) is 0 Å². The van der Waals surface area contributed by atoms with Crippen molar-refractivity contribution in [3.8, 4) is 0 Å². The molecule has 12 heavy (non-hydrogen) atoms. The molecule has 0 aromatic rings. The summed E-state index contributed by atoms with van der Waals surface area (Å²) in [6.07, 6.45) is 2.02. The van der Waals surface area contributed by atoms with Crippen LogP contribution >= 0.6 is 11.8 Å². The average molecular weight is 191 g/mol. The van der Waals surface area contributed by atoms with Crippen molar-refractivity contribution in [3.05, 3.63) is 0 Å². The number of thioether (sulfide) groups is 1. The van der Waals surface area contributed by atoms with Gasteiger partial charge in [-0.15, -0.1) is 0 Å². The number of nitrogens with one attached hydrogen (secondary N) is 1. The van der Waals surface area contributed by atoms with Crippen LogP contribution in [0.25, 0.3) is 0 Å². The summed E-state index contributed by atoms with van der Waals surface area (Å²) >= 11 is 0.789. The Morgan fingerprint density at radius 3 is 2.92 bits per heavy atom. The number of nitrogens with two attached hydrogens (primary N) is 1. The van der Waals surface area contributed by atoms with Crippen molar-refractivity contribution in [3.63, 3.8) is 0 Å². The van der Waals surface area contributed by atoms with Gasteiger partial charge >= 0.3 is 0 Å². The van der Waals surface area contributed by atoms with Crippen LogP contribution in [-0.4, -0.2) is 22.2 Å². The summed E-state index contributed by atoms with van der Waals surface area (Å²) in [5, 5.41) is 14.7. The molecule has 0 atom stereocenters. The van der Waals surface area contributed by atoms with E-state index in [0.29, 0.717) is 6.54 Å². The largest absolute Gasteiger partial charge is 0.378 e. The van der Waals surface area contributed by atoms with Crippen molar-refractivity contribution < 1.29 is 10.1 Å². The van der Waals surface area contributed by atoms with Crippen molar-refractivity contribution in [2.45, 2.75) is 19.8 Å². The number of rotatable bonds is 3. The first kappa shape index (κ1) is 11.2. The normalized spacial score (nSPS) is 11.3. The second-order valence-corrected chi connectivity index (χ2v) is 3.05. The van der Waals surface area contributed by atoms with E-state index in [0.717, 1.165) is 24.6 Å². The van der Waals surface area contributed by atoms with Gasteiger partial charge in [0.1, 0.15) is 0 Å². The molecule has 0 spiro atoms. The molecule has 4 N–H and O–H groups in total. The summed E-state index contributed by atoms with van der Waals surface area (Å²) in [5.41, 5.74) is 5.37. The third-order valence-electron chi connectivity index (χ3n) is 1.06. The van der Waals surface area contributed by atoms with Crippen LogP contribution in [-0.2, 0) is 4.89 Å². The molecule has 0 saturated carbocycles. The van der Waals surface area contributed by atoms with Crippen LogP contribution < -0.4 is 5.73 Å². The Bertz CT molecular complexity index is 172. The van der Waals surface area contributed by atoms with E-state index in [1.807, 2.05) is 0 Å². The van der Waals surface area contributed by atoms with E-state index in [2.05, 4.69) is 16.8 Å². The van der Waals surface area contributed by atoms with E-state index in [4.69, 9.17) is 16.4 Å². The van der Waals surface area contributed by atoms with Crippen molar-refractivity contribution in [2.75, 3.05) is 6.54 Å². The lowest BCUT2D eigenvalue weighted by atomic mass is 10.3. The third-order valence-corrected chi connectivity index (χ3v) is 1.66. The van der Waals surface area contributed by atoms with E-state index >= 15 is 0 Å². The predicted octanol–water partition coefficient (Wildman–Crippen LogP) is 1.26. The molecular weight excluding hydrogens is 178 g/mol. The second kappa shape index (κ2) is 6.93. The molecule has 0 aromatic heterocycles. The van der Waals surface area contributed by atoms with Crippen molar-refractivity contribution in [1.29, 1.82) is 5.41 Å². The van der Waals surface area contributed by atoms with Gasteiger partial charge in [-0.2, -0.15) is 0 Å². The molecule has 0 aliphatic heterocycles. The number of hydrogen-bond acceptors (Lipinski definition) is 5. The summed E-state index contributed by atoms with van der Waals surface area (Å²) in [6.45, 7) is 2.70. The second-order valence-electron chi connectivity index (χ2n) is 2.05. The zero-order valence-electron chi connectivity index (χ0n) is 6.91. The van der Waals surface area contributed by atoms with Gasteiger partial charge in [0.15, 0.2) is 5.17 Å². The summed E-state index contributed by atoms with van der Waals surface area (Å²) in [6, 6.07) is 0. The summed E-state index contributed by atoms with van der Waals surface area (Å²) < 4.78 is 0. The van der Waals surface area contributed by atoms with Crippen LogP contribution in [0.1, 0.15) is 19.8 Å². The van der Waals surface area contributed by atoms with Gasteiger partial charge in [0.2, 0.25) is 0 Å². The van der Waals surface area contributed by atoms with Crippen molar-refractivity contribution in [1.82, 2.24) is 0 Å². The highest BCUT2D eigenvalue weighted by atomic mass is 32.2. The first-order chi connectivity index (χ1) is 5.70. The third kappa shape index (κ3) is 5.99. The Labute approximate surface area is 75.4 Å². The molecule has 70 valence electrons. The fourth-order valence-corrected chi connectivity index (χ4v) is 0.876. The van der Waals surface area contributed by atoms with Crippen LogP contribution in [0.5, 0.6) is 0 Å². The molecular formula is C6H13N3O2S. The molecule has 0 aliphatic carbocycles. The van der Waals surface area contributed by atoms with Crippen LogP contribution in [0.15, 0.2) is 4.99 Å². The molecule has 0 aromatic carbocycles. The Morgan fingerprint density at radius 1 is 1.75 bits per heavy atom. The zero-order chi connectivity index (χ0) is 9.40. The zero-order valence-corrected chi connectivity index (χ0v) is 7.73. The molecule has 0 aliphatic rings. The highest BCUT2D eigenvalue weighted by molar-refractivity contribution is 8.26. The highest BCUT2D eigenvalue weighted by Crippen LogP contribution is 2.02. The number of hydrogen-bond donors (Lipinski definition) is 3. The van der Waals surface area contributed by atoms with Crippen LogP contribution in [0.3, 0.4) is 0 Å². The lowest BCUT2D eigenvalue weighted by Crippen LogP contribution is -2.11. The molecule has 0 bridgehead atoms. The monoisotopic (exact) mass is 191 g/mol. The smallest absolute Gasteiger partial charge is 0.291 e. The van der Waals surface area contributed by atoms with Gasteiger partial charge in [-0.1, -0.05) is 13.3 Å². The van der Waals surface area contributed by atoms with E-state index in [1.165, 1.54) is 0 Å². The Hall–Kier alpha value is -0.750. The minimum atomic E-state index is -0.368. The molecule has 0 amide bonds. The lowest BCUT2D eigenvalue weighted by molar-refractivity contribution is -0.151. The standard InChI is InChI=1S/C6H13N3O2S/c1-2-3-4-9-5(7)12-6(8)11-10/h8,10H,2-4H2,1H3,(H2,7,9). The van der Waals surface area contributed by atoms with Gasteiger partial charge in [0.25, 0.3) is 5.23 Å². The Kier molecular flexibility index (Phi) is 6.50. The maximum absolute atomic E-state index is 8.00. The van der Waals surface area contributed by atoms with Crippen molar-refractivity contribution in [2.24, 2.45) is 10.7 Å². The molecule has 6 heteroatoms. The van der Waals surface area contributed by atoms with E-state index in [9.17, 15) is 0 Å². The van der Waals surface area contributed by atoms with Gasteiger partial charge in [0.05, 0.1) is 0 Å². The Balaban J connectivity index is 3.62. The highest BCUT2D eigenvalue weighted by Gasteiger charge is 2.00. The fraction of sp³-hybridized carbons (Fsp3) is 0.667. The number of unbranched alkanes of at least 4 members (excludes halogenated alkanes) is 1. The predicted molar refractivity (Wildman–Crippen MR) is 50.4 cm³/mol. The van der Waals surface area contributed by atoms with Crippen LogP contribution in [0, 0.1) is 5.41 Å². The van der Waals surface area contributed by atoms with Gasteiger partial charge in [0, 0.05) is 18.3 Å². The number of nitrogens with zero attached hydrogens (tertiary/aromatic N) is 1. The first-order valence-electron chi connectivity index (χ1n) is 3.58. The van der Waals surface area contributed by atoms with Crippen LogP contribution in [0.2, 0.25) is 0 Å². The van der Waals surface area contributed by atoms with E-state index in [-0.39, 0.29) is 10.4 Å². The van der Waals surface area contributed by atoms with Crippen molar-refractivity contribution >= 4 is 22.2 Å². The lowest BCUT2D eigenvalue weighted by Gasteiger charge is -1.98. The summed E-state index contributed by atoms with van der Waals surface area (Å²) in [7, 11) is 0. The first-order valence-corrected chi connectivity index (χ1v) is 4.40. The van der Waals surface area contributed by atoms with Gasteiger partial charge in [-0.05, 0) is 6.42 Å². The van der Waals surface area contributed by atoms with Gasteiger partial charge in [-0.25, -0.2) is 5.26 Å². The number of amidine groups is 1. The molecule has 0 unspecified atom stereocenters. The van der Waals surface area contributed by atoms with Gasteiger partial charge in [-0.3, -0.25) is 10.4 Å². The fourth-order valence-electron chi connectivity index (χ4n) is 0.493. The summed E-state index contributed by atoms with van der Waals surface area (Å²) in [4.78, 5) is 7.54. The van der Waals surface area contributed by atoms with Gasteiger partial charge < -0.3 is 10.6 Å². The Morgan fingerprint density at radius 2 is 2.42 bits per heavy atom. The average Bonchev–Trinajstić information content (AvgIpc) is 2.05. The number of aliphatic imine (C=N–C) groups is 1. The maximum atomic E-state index is 8.00. The molecule has 0 saturated heterocycles. The molecule has 0 fully saturated rings. The minimum Gasteiger partial charge on any atom is -0.378 e.